The number of benzene rings is 1. The summed E-state index contributed by atoms with van der Waals surface area (Å²) in [7, 11) is 0. The summed E-state index contributed by atoms with van der Waals surface area (Å²) in [5.74, 6) is 0. The van der Waals surface area contributed by atoms with Crippen LogP contribution in [0.2, 0.25) is 10.0 Å². The predicted molar refractivity (Wildman–Crippen MR) is 53.4 cm³/mol. The first-order valence-electron chi connectivity index (χ1n) is 4.09. The molecule has 1 aliphatic rings. The van der Waals surface area contributed by atoms with Crippen molar-refractivity contribution in [2.45, 2.75) is 18.3 Å². The molecule has 3 heteroatoms. The number of hydrogen-bond acceptors (Lipinski definition) is 1. The molecule has 68 valence electrons. The van der Waals surface area contributed by atoms with E-state index >= 15 is 0 Å². The monoisotopic (exact) mass is 214 g/mol. The number of halogens is 2. The van der Waals surface area contributed by atoms with Crippen LogP contribution in [0.25, 0.3) is 0 Å². The first-order valence-corrected chi connectivity index (χ1v) is 4.85. The number of aldehydes is 1. The van der Waals surface area contributed by atoms with Gasteiger partial charge in [0.2, 0.25) is 0 Å². The van der Waals surface area contributed by atoms with Crippen molar-refractivity contribution < 1.29 is 4.79 Å². The van der Waals surface area contributed by atoms with Gasteiger partial charge in [0, 0.05) is 10.0 Å². The highest BCUT2D eigenvalue weighted by atomic mass is 35.5. The van der Waals surface area contributed by atoms with Crippen molar-refractivity contribution in [1.82, 2.24) is 0 Å². The summed E-state index contributed by atoms with van der Waals surface area (Å²) < 4.78 is 0. The Hall–Kier alpha value is -0.530. The Morgan fingerprint density at radius 3 is 2.08 bits per heavy atom. The summed E-state index contributed by atoms with van der Waals surface area (Å²) in [6, 6.07) is 5.30. The third kappa shape index (κ3) is 1.59. The van der Waals surface area contributed by atoms with Crippen molar-refractivity contribution >= 4 is 29.5 Å². The molecule has 1 aliphatic carbocycles. The largest absolute Gasteiger partial charge is 0.302 e. The average Bonchev–Trinajstić information content (AvgIpc) is 2.82. The van der Waals surface area contributed by atoms with Gasteiger partial charge in [0.25, 0.3) is 0 Å². The quantitative estimate of drug-likeness (QED) is 0.692. The fourth-order valence-electron chi connectivity index (χ4n) is 1.45. The fraction of sp³-hybridized carbons (Fsp3) is 0.300. The molecule has 1 aromatic rings. The lowest BCUT2D eigenvalue weighted by atomic mass is 9.98. The van der Waals surface area contributed by atoms with E-state index in [2.05, 4.69) is 0 Å². The summed E-state index contributed by atoms with van der Waals surface area (Å²) >= 11 is 11.7. The Morgan fingerprint density at radius 1 is 1.15 bits per heavy atom. The van der Waals surface area contributed by atoms with Crippen LogP contribution in [0.15, 0.2) is 18.2 Å². The molecule has 0 aliphatic heterocycles. The second-order valence-corrected chi connectivity index (χ2v) is 4.30. The maximum atomic E-state index is 10.8. The second kappa shape index (κ2) is 3.00. The van der Waals surface area contributed by atoms with E-state index in [-0.39, 0.29) is 5.41 Å². The summed E-state index contributed by atoms with van der Waals surface area (Å²) in [5.41, 5.74) is 0.661. The van der Waals surface area contributed by atoms with Crippen LogP contribution in [0.4, 0.5) is 0 Å². The molecule has 0 unspecified atom stereocenters. The Morgan fingerprint density at radius 2 is 1.69 bits per heavy atom. The molecule has 1 nitrogen and oxygen atoms in total. The molecule has 0 N–H and O–H groups in total. The molecular weight excluding hydrogens is 207 g/mol. The zero-order valence-corrected chi connectivity index (χ0v) is 8.40. The van der Waals surface area contributed by atoms with Crippen LogP contribution < -0.4 is 0 Å². The summed E-state index contributed by atoms with van der Waals surface area (Å²) in [5, 5.41) is 1.19. The molecule has 0 saturated heterocycles. The van der Waals surface area contributed by atoms with Gasteiger partial charge in [-0.15, -0.1) is 0 Å². The van der Waals surface area contributed by atoms with Gasteiger partial charge >= 0.3 is 0 Å². The highest BCUT2D eigenvalue weighted by Gasteiger charge is 2.44. The Kier molecular flexibility index (Phi) is 2.09. The Labute approximate surface area is 86.7 Å². The fourth-order valence-corrected chi connectivity index (χ4v) is 1.98. The van der Waals surface area contributed by atoms with Crippen LogP contribution in [0.1, 0.15) is 18.4 Å². The minimum atomic E-state index is -0.283. The molecule has 0 bridgehead atoms. The standard InChI is InChI=1S/C10H8Cl2O/c11-8-3-7(4-9(12)5-8)10(6-13)1-2-10/h3-6H,1-2H2. The zero-order valence-electron chi connectivity index (χ0n) is 6.89. The van der Waals surface area contributed by atoms with Gasteiger partial charge in [-0.25, -0.2) is 0 Å². The lowest BCUT2D eigenvalue weighted by Crippen LogP contribution is -2.07. The van der Waals surface area contributed by atoms with Crippen molar-refractivity contribution in [1.29, 1.82) is 0 Å². The SMILES string of the molecule is O=CC1(c2cc(Cl)cc(Cl)c2)CC1. The molecule has 13 heavy (non-hydrogen) atoms. The van der Waals surface area contributed by atoms with Crippen molar-refractivity contribution in [3.63, 3.8) is 0 Å². The van der Waals surface area contributed by atoms with Crippen molar-refractivity contribution in [3.05, 3.63) is 33.8 Å². The molecule has 0 atom stereocenters. The molecule has 0 aromatic heterocycles. The molecule has 0 heterocycles. The van der Waals surface area contributed by atoms with E-state index < -0.39 is 0 Å². The van der Waals surface area contributed by atoms with E-state index in [9.17, 15) is 4.79 Å². The first kappa shape index (κ1) is 9.04. The number of carbonyl (C=O) groups excluding carboxylic acids is 1. The highest BCUT2D eigenvalue weighted by Crippen LogP contribution is 2.47. The van der Waals surface area contributed by atoms with Crippen LogP contribution in [-0.2, 0) is 10.2 Å². The third-order valence-electron chi connectivity index (χ3n) is 2.45. The number of hydrogen-bond donors (Lipinski definition) is 0. The van der Waals surface area contributed by atoms with Crippen LogP contribution in [-0.4, -0.2) is 6.29 Å². The zero-order chi connectivity index (χ0) is 9.47. The van der Waals surface area contributed by atoms with Crippen molar-refractivity contribution in [2.24, 2.45) is 0 Å². The second-order valence-electron chi connectivity index (χ2n) is 3.43. The molecule has 0 radical (unpaired) electrons. The summed E-state index contributed by atoms with van der Waals surface area (Å²) in [6.45, 7) is 0. The van der Waals surface area contributed by atoms with Crippen LogP contribution in [0.3, 0.4) is 0 Å². The van der Waals surface area contributed by atoms with Gasteiger partial charge in [0.15, 0.2) is 0 Å². The van der Waals surface area contributed by atoms with Crippen molar-refractivity contribution in [2.75, 3.05) is 0 Å². The molecule has 1 fully saturated rings. The smallest absolute Gasteiger partial charge is 0.130 e. The topological polar surface area (TPSA) is 17.1 Å². The van der Waals surface area contributed by atoms with E-state index in [1.165, 1.54) is 0 Å². The van der Waals surface area contributed by atoms with E-state index in [1.807, 2.05) is 12.1 Å². The van der Waals surface area contributed by atoms with Gasteiger partial charge < -0.3 is 4.79 Å². The van der Waals surface area contributed by atoms with Gasteiger partial charge in [0.1, 0.15) is 6.29 Å². The Bertz CT molecular complexity index is 336. The highest BCUT2D eigenvalue weighted by molar-refractivity contribution is 6.34. The third-order valence-corrected chi connectivity index (χ3v) is 2.89. The van der Waals surface area contributed by atoms with Gasteiger partial charge in [0.05, 0.1) is 5.41 Å². The van der Waals surface area contributed by atoms with E-state index in [0.29, 0.717) is 10.0 Å². The molecular formula is C10H8Cl2O. The minimum absolute atomic E-state index is 0.283. The van der Waals surface area contributed by atoms with Crippen molar-refractivity contribution in [3.8, 4) is 0 Å². The molecule has 0 spiro atoms. The van der Waals surface area contributed by atoms with E-state index in [1.54, 1.807) is 6.07 Å². The Balaban J connectivity index is 2.46. The molecule has 1 aromatic carbocycles. The van der Waals surface area contributed by atoms with Crippen LogP contribution in [0, 0.1) is 0 Å². The lowest BCUT2D eigenvalue weighted by Gasteiger charge is -2.07. The van der Waals surface area contributed by atoms with E-state index in [4.69, 9.17) is 23.2 Å². The summed E-state index contributed by atoms with van der Waals surface area (Å²) in [4.78, 5) is 10.8. The van der Waals surface area contributed by atoms with Gasteiger partial charge in [-0.05, 0) is 36.6 Å². The lowest BCUT2D eigenvalue weighted by molar-refractivity contribution is -0.109. The summed E-state index contributed by atoms with van der Waals surface area (Å²) in [6.07, 6.45) is 2.81. The number of carbonyl (C=O) groups is 1. The van der Waals surface area contributed by atoms with Gasteiger partial charge in [-0.2, -0.15) is 0 Å². The van der Waals surface area contributed by atoms with E-state index in [0.717, 1.165) is 24.7 Å². The molecule has 2 rings (SSSR count). The van der Waals surface area contributed by atoms with Gasteiger partial charge in [-0.3, -0.25) is 0 Å². The maximum Gasteiger partial charge on any atom is 0.130 e. The van der Waals surface area contributed by atoms with Crippen LogP contribution >= 0.6 is 23.2 Å². The number of rotatable bonds is 2. The predicted octanol–water partition coefficient (Wildman–Crippen LogP) is 3.22. The minimum Gasteiger partial charge on any atom is -0.302 e. The molecule has 0 amide bonds. The maximum absolute atomic E-state index is 10.8. The van der Waals surface area contributed by atoms with Gasteiger partial charge in [-0.1, -0.05) is 23.2 Å². The van der Waals surface area contributed by atoms with Crippen LogP contribution in [0.5, 0.6) is 0 Å². The first-order chi connectivity index (χ1) is 6.16. The normalized spacial score (nSPS) is 18.3. The average molecular weight is 215 g/mol. The molecule has 1 saturated carbocycles.